The van der Waals surface area contributed by atoms with Crippen molar-refractivity contribution in [3.05, 3.63) is 66.3 Å². The Kier molecular flexibility index (Phi) is 4.84. The van der Waals surface area contributed by atoms with Crippen LogP contribution in [0.25, 0.3) is 23.2 Å². The maximum atomic E-state index is 11.1. The standard InChI is InChI=1S/C18H16N6O2/c1-26-17(25)9-6-14-10-24(11-21-14)16-8-7-15(22-23-16)12-2-4-13(5-3-12)18(19)20/h2-11H,1H3,(H3,19,20)/b9-6+. The number of methoxy groups -OCH3 is 1. The fraction of sp³-hybridized carbons (Fsp3) is 0.0556. The van der Waals surface area contributed by atoms with E-state index < -0.39 is 5.97 Å². The van der Waals surface area contributed by atoms with Crippen molar-refractivity contribution in [2.75, 3.05) is 7.11 Å². The number of benzene rings is 1. The Labute approximate surface area is 149 Å². The SMILES string of the molecule is COC(=O)/C=C/c1cn(-c2ccc(-c3ccc(C(=N)N)cc3)nn2)cn1. The second-order valence-corrected chi connectivity index (χ2v) is 5.33. The van der Waals surface area contributed by atoms with Crippen LogP contribution >= 0.6 is 0 Å². The number of nitrogens with zero attached hydrogens (tertiary/aromatic N) is 4. The highest BCUT2D eigenvalue weighted by Gasteiger charge is 2.05. The number of ether oxygens (including phenoxy) is 1. The first-order chi connectivity index (χ1) is 12.6. The van der Waals surface area contributed by atoms with Gasteiger partial charge in [-0.1, -0.05) is 24.3 Å². The molecule has 8 nitrogen and oxygen atoms in total. The Morgan fingerprint density at radius 2 is 1.96 bits per heavy atom. The van der Waals surface area contributed by atoms with E-state index in [9.17, 15) is 4.79 Å². The average molecular weight is 348 g/mol. The lowest BCUT2D eigenvalue weighted by Crippen LogP contribution is -2.10. The molecule has 0 aliphatic carbocycles. The maximum absolute atomic E-state index is 11.1. The van der Waals surface area contributed by atoms with Gasteiger partial charge in [-0.25, -0.2) is 9.78 Å². The molecule has 2 aromatic heterocycles. The minimum Gasteiger partial charge on any atom is -0.466 e. The number of esters is 1. The summed E-state index contributed by atoms with van der Waals surface area (Å²) in [7, 11) is 1.32. The van der Waals surface area contributed by atoms with Crippen LogP contribution in [0.5, 0.6) is 0 Å². The predicted molar refractivity (Wildman–Crippen MR) is 96.7 cm³/mol. The zero-order valence-electron chi connectivity index (χ0n) is 14.0. The summed E-state index contributed by atoms with van der Waals surface area (Å²) >= 11 is 0. The Hall–Kier alpha value is -3.81. The van der Waals surface area contributed by atoms with E-state index in [0.717, 1.165) is 5.56 Å². The highest BCUT2D eigenvalue weighted by molar-refractivity contribution is 5.95. The Balaban J connectivity index is 1.77. The fourth-order valence-corrected chi connectivity index (χ4v) is 2.21. The summed E-state index contributed by atoms with van der Waals surface area (Å²) in [6, 6.07) is 10.9. The minimum atomic E-state index is -0.445. The average Bonchev–Trinajstić information content (AvgIpc) is 3.15. The molecule has 130 valence electrons. The molecule has 0 aliphatic heterocycles. The summed E-state index contributed by atoms with van der Waals surface area (Å²) in [5.41, 5.74) is 8.29. The molecule has 0 aliphatic rings. The van der Waals surface area contributed by atoms with E-state index in [1.54, 1.807) is 35.3 Å². The molecule has 3 aromatic rings. The van der Waals surface area contributed by atoms with Gasteiger partial charge < -0.3 is 10.5 Å². The van der Waals surface area contributed by atoms with Crippen molar-refractivity contribution >= 4 is 17.9 Å². The van der Waals surface area contributed by atoms with Crippen LogP contribution in [0.2, 0.25) is 0 Å². The van der Waals surface area contributed by atoms with Gasteiger partial charge in [0.25, 0.3) is 0 Å². The molecule has 0 amide bonds. The van der Waals surface area contributed by atoms with Crippen LogP contribution in [-0.4, -0.2) is 38.7 Å². The molecule has 0 saturated carbocycles. The number of carbonyl (C=O) groups excluding carboxylic acids is 1. The molecule has 3 N–H and O–H groups in total. The first-order valence-corrected chi connectivity index (χ1v) is 7.66. The molecule has 3 rings (SSSR count). The molecule has 0 unspecified atom stereocenters. The van der Waals surface area contributed by atoms with E-state index in [4.69, 9.17) is 11.1 Å². The molecule has 8 heteroatoms. The van der Waals surface area contributed by atoms with Crippen LogP contribution in [-0.2, 0) is 9.53 Å². The molecular weight excluding hydrogens is 332 g/mol. The molecule has 0 radical (unpaired) electrons. The number of carbonyl (C=O) groups is 1. The number of nitrogens with one attached hydrogen (secondary N) is 1. The van der Waals surface area contributed by atoms with Crippen LogP contribution < -0.4 is 5.73 Å². The molecule has 1 aromatic carbocycles. The van der Waals surface area contributed by atoms with Crippen LogP contribution in [0.1, 0.15) is 11.3 Å². The Morgan fingerprint density at radius 3 is 2.58 bits per heavy atom. The number of rotatable bonds is 5. The summed E-state index contributed by atoms with van der Waals surface area (Å²) < 4.78 is 6.24. The van der Waals surface area contributed by atoms with Crippen molar-refractivity contribution < 1.29 is 9.53 Å². The van der Waals surface area contributed by atoms with Crippen molar-refractivity contribution in [1.82, 2.24) is 19.7 Å². The van der Waals surface area contributed by atoms with E-state index in [2.05, 4.69) is 19.9 Å². The number of aromatic nitrogens is 4. The largest absolute Gasteiger partial charge is 0.466 e. The summed E-state index contributed by atoms with van der Waals surface area (Å²) in [6.07, 6.45) is 6.17. The number of nitrogen functional groups attached to an aromatic ring is 1. The van der Waals surface area contributed by atoms with Crippen LogP contribution in [0.15, 0.2) is 55.0 Å². The second kappa shape index (κ2) is 7.39. The van der Waals surface area contributed by atoms with Crippen LogP contribution in [0.4, 0.5) is 0 Å². The van der Waals surface area contributed by atoms with Crippen molar-refractivity contribution in [3.8, 4) is 17.1 Å². The lowest BCUT2D eigenvalue weighted by Gasteiger charge is -2.04. The van der Waals surface area contributed by atoms with E-state index >= 15 is 0 Å². The summed E-state index contributed by atoms with van der Waals surface area (Å²) in [5.74, 6) is 0.175. The van der Waals surface area contributed by atoms with Gasteiger partial charge in [-0.15, -0.1) is 10.2 Å². The third kappa shape index (κ3) is 3.81. The van der Waals surface area contributed by atoms with Crippen molar-refractivity contribution in [2.24, 2.45) is 5.73 Å². The molecule has 0 spiro atoms. The number of amidine groups is 1. The first-order valence-electron chi connectivity index (χ1n) is 7.66. The van der Waals surface area contributed by atoms with Gasteiger partial charge in [-0.3, -0.25) is 9.98 Å². The highest BCUT2D eigenvalue weighted by Crippen LogP contribution is 2.18. The van der Waals surface area contributed by atoms with Gasteiger partial charge in [0.15, 0.2) is 5.82 Å². The Morgan fingerprint density at radius 1 is 1.19 bits per heavy atom. The zero-order valence-corrected chi connectivity index (χ0v) is 14.0. The van der Waals surface area contributed by atoms with Gasteiger partial charge >= 0.3 is 5.97 Å². The summed E-state index contributed by atoms with van der Waals surface area (Å²) in [6.45, 7) is 0. The van der Waals surface area contributed by atoms with Gasteiger partial charge in [0.05, 0.1) is 18.5 Å². The zero-order chi connectivity index (χ0) is 18.5. The van der Waals surface area contributed by atoms with E-state index in [1.165, 1.54) is 13.2 Å². The van der Waals surface area contributed by atoms with Crippen LogP contribution in [0, 0.1) is 5.41 Å². The number of hydrogen-bond donors (Lipinski definition) is 2. The van der Waals surface area contributed by atoms with Gasteiger partial charge in [0.1, 0.15) is 12.2 Å². The van der Waals surface area contributed by atoms with Gasteiger partial charge in [-0.2, -0.15) is 0 Å². The number of nitrogens with two attached hydrogens (primary N) is 1. The smallest absolute Gasteiger partial charge is 0.330 e. The van der Waals surface area contributed by atoms with Gasteiger partial charge in [-0.05, 0) is 18.2 Å². The van der Waals surface area contributed by atoms with E-state index in [-0.39, 0.29) is 5.84 Å². The van der Waals surface area contributed by atoms with E-state index in [1.807, 2.05) is 24.3 Å². The van der Waals surface area contributed by atoms with Crippen molar-refractivity contribution in [2.45, 2.75) is 0 Å². The third-order valence-corrected chi connectivity index (χ3v) is 3.60. The molecule has 0 bridgehead atoms. The lowest BCUT2D eigenvalue weighted by molar-refractivity contribution is -0.134. The van der Waals surface area contributed by atoms with E-state index in [0.29, 0.717) is 22.8 Å². The molecule has 2 heterocycles. The summed E-state index contributed by atoms with van der Waals surface area (Å²) in [4.78, 5) is 15.3. The number of imidazole rings is 1. The molecule has 26 heavy (non-hydrogen) atoms. The number of hydrogen-bond acceptors (Lipinski definition) is 6. The monoisotopic (exact) mass is 348 g/mol. The molecule has 0 saturated heterocycles. The summed E-state index contributed by atoms with van der Waals surface area (Å²) in [5, 5.41) is 15.8. The van der Waals surface area contributed by atoms with Crippen molar-refractivity contribution in [3.63, 3.8) is 0 Å². The fourth-order valence-electron chi connectivity index (χ4n) is 2.21. The maximum Gasteiger partial charge on any atom is 0.330 e. The van der Waals surface area contributed by atoms with Crippen molar-refractivity contribution in [1.29, 1.82) is 5.41 Å². The predicted octanol–water partition coefficient (Wildman–Crippen LogP) is 1.80. The van der Waals surface area contributed by atoms with Crippen LogP contribution in [0.3, 0.4) is 0 Å². The van der Waals surface area contributed by atoms with Gasteiger partial charge in [0.2, 0.25) is 0 Å². The molecule has 0 atom stereocenters. The minimum absolute atomic E-state index is 0.0233. The lowest BCUT2D eigenvalue weighted by atomic mass is 10.1. The first kappa shape index (κ1) is 17.0. The van der Waals surface area contributed by atoms with Gasteiger partial charge in [0, 0.05) is 23.4 Å². The quantitative estimate of drug-likeness (QED) is 0.314. The normalized spacial score (nSPS) is 10.8. The highest BCUT2D eigenvalue weighted by atomic mass is 16.5. The topological polar surface area (TPSA) is 120 Å². The Bertz CT molecular complexity index is 958. The third-order valence-electron chi connectivity index (χ3n) is 3.60. The second-order valence-electron chi connectivity index (χ2n) is 5.33. The molecular formula is C18H16N6O2. The molecule has 0 fully saturated rings.